The van der Waals surface area contributed by atoms with Crippen LogP contribution in [0.25, 0.3) is 10.1 Å². The van der Waals surface area contributed by atoms with E-state index in [1.807, 2.05) is 11.3 Å². The second-order valence-corrected chi connectivity index (χ2v) is 5.68. The topological polar surface area (TPSA) is 21.3 Å². The number of nitrogens with one attached hydrogen (secondary N) is 1. The van der Waals surface area contributed by atoms with Crippen molar-refractivity contribution in [3.05, 3.63) is 35.2 Å². The summed E-state index contributed by atoms with van der Waals surface area (Å²) in [6.45, 7) is 4.15. The highest BCUT2D eigenvalue weighted by atomic mass is 32.1. The molecule has 2 rings (SSSR count). The van der Waals surface area contributed by atoms with Crippen LogP contribution in [0.4, 0.5) is 0 Å². The number of methoxy groups -OCH3 is 1. The smallest absolute Gasteiger partial charge is 0.0462 e. The van der Waals surface area contributed by atoms with Crippen LogP contribution in [0.3, 0.4) is 0 Å². The van der Waals surface area contributed by atoms with Crippen LogP contribution in [0.5, 0.6) is 0 Å². The van der Waals surface area contributed by atoms with Crippen LogP contribution in [0.15, 0.2) is 30.3 Å². The first kappa shape index (κ1) is 13.5. The van der Waals surface area contributed by atoms with Gasteiger partial charge in [-0.2, -0.15) is 0 Å². The molecule has 0 fully saturated rings. The van der Waals surface area contributed by atoms with Gasteiger partial charge in [-0.05, 0) is 43.8 Å². The normalized spacial score (nSPS) is 13.0. The summed E-state index contributed by atoms with van der Waals surface area (Å²) in [6.07, 6.45) is 2.30. The van der Waals surface area contributed by atoms with E-state index in [-0.39, 0.29) is 0 Å². The molecule has 2 nitrogen and oxygen atoms in total. The Morgan fingerprint density at radius 1 is 1.28 bits per heavy atom. The maximum absolute atomic E-state index is 5.05. The van der Waals surface area contributed by atoms with Crippen molar-refractivity contribution in [2.75, 3.05) is 20.3 Å². The van der Waals surface area contributed by atoms with Gasteiger partial charge < -0.3 is 10.1 Å². The summed E-state index contributed by atoms with van der Waals surface area (Å²) < 4.78 is 6.42. The molecule has 0 amide bonds. The van der Waals surface area contributed by atoms with Crippen molar-refractivity contribution in [1.82, 2.24) is 5.32 Å². The molecule has 0 bridgehead atoms. The van der Waals surface area contributed by atoms with Gasteiger partial charge in [-0.25, -0.2) is 0 Å². The van der Waals surface area contributed by atoms with E-state index in [4.69, 9.17) is 4.74 Å². The number of unbranched alkanes of at least 4 members (excludes halogenated alkanes) is 1. The Morgan fingerprint density at radius 3 is 2.89 bits per heavy atom. The number of ether oxygens (including phenoxy) is 1. The second-order valence-electron chi connectivity index (χ2n) is 4.56. The van der Waals surface area contributed by atoms with E-state index < -0.39 is 0 Å². The van der Waals surface area contributed by atoms with Crippen molar-refractivity contribution in [2.24, 2.45) is 0 Å². The molecule has 1 atom stereocenters. The van der Waals surface area contributed by atoms with Crippen molar-refractivity contribution in [3.63, 3.8) is 0 Å². The Labute approximate surface area is 113 Å². The van der Waals surface area contributed by atoms with Crippen molar-refractivity contribution < 1.29 is 4.74 Å². The Hall–Kier alpha value is -0.900. The maximum atomic E-state index is 5.05. The summed E-state index contributed by atoms with van der Waals surface area (Å²) >= 11 is 1.89. The van der Waals surface area contributed by atoms with Crippen LogP contribution < -0.4 is 5.32 Å². The van der Waals surface area contributed by atoms with Gasteiger partial charge >= 0.3 is 0 Å². The molecule has 3 heteroatoms. The molecule has 0 spiro atoms. The zero-order chi connectivity index (χ0) is 12.8. The lowest BCUT2D eigenvalue weighted by atomic mass is 10.2. The summed E-state index contributed by atoms with van der Waals surface area (Å²) in [7, 11) is 1.76. The Balaban J connectivity index is 1.86. The largest absolute Gasteiger partial charge is 0.385 e. The molecular weight excluding hydrogens is 242 g/mol. The summed E-state index contributed by atoms with van der Waals surface area (Å²) in [5.41, 5.74) is 0. The Bertz CT molecular complexity index is 447. The molecular formula is C15H21NOS. The van der Waals surface area contributed by atoms with Crippen LogP contribution in [0.2, 0.25) is 0 Å². The number of hydrogen-bond donors (Lipinski definition) is 1. The lowest BCUT2D eigenvalue weighted by Gasteiger charge is -2.11. The van der Waals surface area contributed by atoms with E-state index >= 15 is 0 Å². The molecule has 0 aliphatic heterocycles. The van der Waals surface area contributed by atoms with Gasteiger partial charge in [-0.1, -0.05) is 18.2 Å². The molecule has 0 aliphatic rings. The molecule has 1 aromatic heterocycles. The second kappa shape index (κ2) is 6.88. The number of thiophene rings is 1. The SMILES string of the molecule is COCCCCNC(C)c1cc2ccccc2s1. The number of rotatable bonds is 7. The monoisotopic (exact) mass is 263 g/mol. The Morgan fingerprint density at radius 2 is 2.11 bits per heavy atom. The van der Waals surface area contributed by atoms with Gasteiger partial charge in [0.2, 0.25) is 0 Å². The van der Waals surface area contributed by atoms with Crippen LogP contribution >= 0.6 is 11.3 Å². The predicted octanol–water partition coefficient (Wildman–Crippen LogP) is 3.98. The predicted molar refractivity (Wildman–Crippen MR) is 79.4 cm³/mol. The van der Waals surface area contributed by atoms with E-state index in [1.165, 1.54) is 21.4 Å². The van der Waals surface area contributed by atoms with Crippen molar-refractivity contribution in [1.29, 1.82) is 0 Å². The van der Waals surface area contributed by atoms with Crippen molar-refractivity contribution >= 4 is 21.4 Å². The fourth-order valence-electron chi connectivity index (χ4n) is 2.01. The van der Waals surface area contributed by atoms with Crippen LogP contribution in [-0.4, -0.2) is 20.3 Å². The lowest BCUT2D eigenvalue weighted by molar-refractivity contribution is 0.192. The van der Waals surface area contributed by atoms with Crippen LogP contribution in [0.1, 0.15) is 30.7 Å². The zero-order valence-electron chi connectivity index (χ0n) is 11.1. The molecule has 0 aliphatic carbocycles. The van der Waals surface area contributed by atoms with E-state index in [1.54, 1.807) is 7.11 Å². The molecule has 1 aromatic carbocycles. The molecule has 1 N–H and O–H groups in total. The minimum absolute atomic E-state index is 0.435. The van der Waals surface area contributed by atoms with Gasteiger partial charge in [-0.15, -0.1) is 11.3 Å². The third-order valence-corrected chi connectivity index (χ3v) is 4.40. The van der Waals surface area contributed by atoms with Gasteiger partial charge in [0.1, 0.15) is 0 Å². The average molecular weight is 263 g/mol. The quantitative estimate of drug-likeness (QED) is 0.763. The summed E-state index contributed by atoms with van der Waals surface area (Å²) in [4.78, 5) is 1.42. The standard InChI is InChI=1S/C15H21NOS/c1-12(16-9-5-6-10-17-2)15-11-13-7-3-4-8-14(13)18-15/h3-4,7-8,11-12,16H,5-6,9-10H2,1-2H3. The molecule has 18 heavy (non-hydrogen) atoms. The van der Waals surface area contributed by atoms with Crippen molar-refractivity contribution in [3.8, 4) is 0 Å². The van der Waals surface area contributed by atoms with E-state index in [2.05, 4.69) is 42.6 Å². The minimum Gasteiger partial charge on any atom is -0.385 e. The van der Waals surface area contributed by atoms with Gasteiger partial charge in [0, 0.05) is 29.3 Å². The fourth-order valence-corrected chi connectivity index (χ4v) is 3.10. The fraction of sp³-hybridized carbons (Fsp3) is 0.467. The highest BCUT2D eigenvalue weighted by molar-refractivity contribution is 7.19. The van der Waals surface area contributed by atoms with E-state index in [9.17, 15) is 0 Å². The summed E-state index contributed by atoms with van der Waals surface area (Å²) in [5.74, 6) is 0. The van der Waals surface area contributed by atoms with Gasteiger partial charge in [-0.3, -0.25) is 0 Å². The first-order valence-corrected chi connectivity index (χ1v) is 7.33. The van der Waals surface area contributed by atoms with Crippen molar-refractivity contribution in [2.45, 2.75) is 25.8 Å². The third kappa shape index (κ3) is 3.55. The van der Waals surface area contributed by atoms with Crippen LogP contribution in [-0.2, 0) is 4.74 Å². The average Bonchev–Trinajstić information content (AvgIpc) is 2.82. The molecule has 1 heterocycles. The molecule has 0 radical (unpaired) electrons. The molecule has 98 valence electrons. The van der Waals surface area contributed by atoms with E-state index in [0.717, 1.165) is 19.6 Å². The number of hydrogen-bond acceptors (Lipinski definition) is 3. The lowest BCUT2D eigenvalue weighted by Crippen LogP contribution is -2.19. The zero-order valence-corrected chi connectivity index (χ0v) is 11.9. The molecule has 2 aromatic rings. The number of benzene rings is 1. The highest BCUT2D eigenvalue weighted by Crippen LogP contribution is 2.29. The first-order valence-electron chi connectivity index (χ1n) is 6.52. The molecule has 0 saturated carbocycles. The minimum atomic E-state index is 0.435. The maximum Gasteiger partial charge on any atom is 0.0462 e. The van der Waals surface area contributed by atoms with E-state index in [0.29, 0.717) is 6.04 Å². The molecule has 1 unspecified atom stereocenters. The first-order chi connectivity index (χ1) is 8.81. The Kier molecular flexibility index (Phi) is 5.17. The number of fused-ring (bicyclic) bond motifs is 1. The summed E-state index contributed by atoms with van der Waals surface area (Å²) in [5, 5.41) is 4.93. The van der Waals surface area contributed by atoms with Gasteiger partial charge in [0.15, 0.2) is 0 Å². The molecule has 0 saturated heterocycles. The van der Waals surface area contributed by atoms with Gasteiger partial charge in [0.25, 0.3) is 0 Å². The highest BCUT2D eigenvalue weighted by Gasteiger charge is 2.08. The summed E-state index contributed by atoms with van der Waals surface area (Å²) in [6, 6.07) is 11.3. The third-order valence-electron chi connectivity index (χ3n) is 3.10. The van der Waals surface area contributed by atoms with Crippen LogP contribution in [0, 0.1) is 0 Å². The van der Waals surface area contributed by atoms with Gasteiger partial charge in [0.05, 0.1) is 0 Å².